The number of carbonyl (C=O) groups is 2. The summed E-state index contributed by atoms with van der Waals surface area (Å²) in [7, 11) is 0. The fourth-order valence-corrected chi connectivity index (χ4v) is 5.33. The molecule has 1 atom stereocenters. The second-order valence-electron chi connectivity index (χ2n) is 7.09. The Morgan fingerprint density at radius 1 is 1.31 bits per heavy atom. The molecule has 0 aliphatic carbocycles. The number of carbonyl (C=O) groups excluding carboxylic acids is 1. The zero-order valence-electron chi connectivity index (χ0n) is 15.6. The first-order chi connectivity index (χ1) is 13.9. The Bertz CT molecular complexity index is 1190. The zero-order chi connectivity index (χ0) is 20.7. The summed E-state index contributed by atoms with van der Waals surface area (Å²) in [4.78, 5) is 25.7. The molecule has 2 aromatic carbocycles. The number of carboxylic acids is 1. The molecule has 7 heteroatoms. The smallest absolute Gasteiger partial charge is 0.304 e. The van der Waals surface area contributed by atoms with Crippen LogP contribution in [0, 0.1) is 11.3 Å². The van der Waals surface area contributed by atoms with Gasteiger partial charge >= 0.3 is 5.97 Å². The van der Waals surface area contributed by atoms with Crippen LogP contribution in [0.1, 0.15) is 47.3 Å². The number of aliphatic carboxylic acids is 1. The van der Waals surface area contributed by atoms with Gasteiger partial charge in [0.25, 0.3) is 0 Å². The fraction of sp³-hybridized carbons (Fsp3) is 0.227. The maximum atomic E-state index is 12.4. The lowest BCUT2D eigenvalue weighted by Crippen LogP contribution is -2.04. The molecule has 0 spiro atoms. The number of nitriles is 1. The van der Waals surface area contributed by atoms with Crippen molar-refractivity contribution in [3.8, 4) is 6.07 Å². The molecule has 1 aliphatic heterocycles. The van der Waals surface area contributed by atoms with E-state index in [1.807, 2.05) is 12.1 Å². The van der Waals surface area contributed by atoms with Crippen LogP contribution in [0.2, 0.25) is 5.02 Å². The molecule has 3 aromatic rings. The number of ketones is 1. The summed E-state index contributed by atoms with van der Waals surface area (Å²) < 4.78 is 2.08. The van der Waals surface area contributed by atoms with Crippen molar-refractivity contribution < 1.29 is 14.7 Å². The number of nitrogens with zero attached hydrogens (tertiary/aromatic N) is 2. The van der Waals surface area contributed by atoms with Crippen molar-refractivity contribution in [3.63, 3.8) is 0 Å². The number of halogens is 1. The lowest BCUT2D eigenvalue weighted by Gasteiger charge is -2.11. The SMILES string of the molecule is CC(=O)c1cc(C#N)cc2c1c(Sc1ccc(Cl)cc1)c1n2CCC1CC(=O)O. The Morgan fingerprint density at radius 3 is 2.66 bits per heavy atom. The fourth-order valence-electron chi connectivity index (χ4n) is 4.00. The van der Waals surface area contributed by atoms with E-state index < -0.39 is 5.97 Å². The van der Waals surface area contributed by atoms with E-state index in [1.54, 1.807) is 24.3 Å². The quantitative estimate of drug-likeness (QED) is 0.548. The van der Waals surface area contributed by atoms with E-state index in [0.717, 1.165) is 32.8 Å². The highest BCUT2D eigenvalue weighted by molar-refractivity contribution is 7.99. The van der Waals surface area contributed by atoms with E-state index in [2.05, 4.69) is 10.6 Å². The van der Waals surface area contributed by atoms with Gasteiger partial charge in [-0.3, -0.25) is 9.59 Å². The second-order valence-corrected chi connectivity index (χ2v) is 8.61. The Kier molecular flexibility index (Phi) is 5.12. The standard InChI is InChI=1S/C22H17ClN2O3S/c1-12(26)17-8-13(11-24)9-18-20(17)22(29-16-4-2-15(23)3-5-16)21-14(10-19(27)28)6-7-25(18)21/h2-5,8-9,14H,6-7,10H2,1H3,(H,27,28). The van der Waals surface area contributed by atoms with Gasteiger partial charge in [-0.2, -0.15) is 5.26 Å². The molecule has 1 unspecified atom stereocenters. The maximum Gasteiger partial charge on any atom is 0.304 e. The van der Waals surface area contributed by atoms with Crippen molar-refractivity contribution in [3.05, 3.63) is 58.2 Å². The van der Waals surface area contributed by atoms with Crippen molar-refractivity contribution in [2.75, 3.05) is 0 Å². The first-order valence-electron chi connectivity index (χ1n) is 9.15. The van der Waals surface area contributed by atoms with Crippen LogP contribution in [-0.2, 0) is 11.3 Å². The summed E-state index contributed by atoms with van der Waals surface area (Å²) >= 11 is 7.52. The molecule has 0 radical (unpaired) electrons. The number of carboxylic acid groups (broad SMARTS) is 1. The summed E-state index contributed by atoms with van der Waals surface area (Å²) in [5.74, 6) is -1.11. The average Bonchev–Trinajstić information content (AvgIpc) is 3.22. The highest BCUT2D eigenvalue weighted by atomic mass is 35.5. The van der Waals surface area contributed by atoms with Crippen molar-refractivity contribution in [1.29, 1.82) is 5.26 Å². The van der Waals surface area contributed by atoms with Gasteiger partial charge in [0.1, 0.15) is 0 Å². The molecule has 0 saturated carbocycles. The number of aromatic nitrogens is 1. The van der Waals surface area contributed by atoms with Crippen LogP contribution in [0.15, 0.2) is 46.2 Å². The molecule has 1 N–H and O–H groups in total. The van der Waals surface area contributed by atoms with Gasteiger partial charge in [-0.25, -0.2) is 0 Å². The van der Waals surface area contributed by atoms with Gasteiger partial charge in [-0.1, -0.05) is 23.4 Å². The Hall–Kier alpha value is -2.75. The normalized spacial score (nSPS) is 15.3. The average molecular weight is 425 g/mol. The summed E-state index contributed by atoms with van der Waals surface area (Å²) in [6, 6.07) is 13.0. The van der Waals surface area contributed by atoms with Gasteiger partial charge < -0.3 is 9.67 Å². The number of benzene rings is 2. The number of hydrogen-bond acceptors (Lipinski definition) is 4. The molecule has 5 nitrogen and oxygen atoms in total. The van der Waals surface area contributed by atoms with Crippen LogP contribution in [0.4, 0.5) is 0 Å². The minimum atomic E-state index is -0.847. The van der Waals surface area contributed by atoms with E-state index in [9.17, 15) is 20.0 Å². The maximum absolute atomic E-state index is 12.4. The molecule has 0 amide bonds. The Balaban J connectivity index is 2.00. The van der Waals surface area contributed by atoms with Gasteiger partial charge in [-0.15, -0.1) is 0 Å². The van der Waals surface area contributed by atoms with E-state index in [4.69, 9.17) is 11.6 Å². The summed E-state index contributed by atoms with van der Waals surface area (Å²) in [6.07, 6.45) is 0.753. The molecule has 0 saturated heterocycles. The number of fused-ring (bicyclic) bond motifs is 3. The summed E-state index contributed by atoms with van der Waals surface area (Å²) in [6.45, 7) is 2.15. The Morgan fingerprint density at radius 2 is 2.03 bits per heavy atom. The van der Waals surface area contributed by atoms with Crippen LogP contribution >= 0.6 is 23.4 Å². The minimum absolute atomic E-state index is 0.0327. The number of hydrogen-bond donors (Lipinski definition) is 1. The highest BCUT2D eigenvalue weighted by Crippen LogP contribution is 2.48. The third-order valence-electron chi connectivity index (χ3n) is 5.21. The van der Waals surface area contributed by atoms with E-state index in [-0.39, 0.29) is 18.1 Å². The second kappa shape index (κ2) is 7.58. The van der Waals surface area contributed by atoms with E-state index >= 15 is 0 Å². The summed E-state index contributed by atoms with van der Waals surface area (Å²) in [5, 5.41) is 20.2. The van der Waals surface area contributed by atoms with E-state index in [0.29, 0.717) is 22.7 Å². The molecule has 0 fully saturated rings. The highest BCUT2D eigenvalue weighted by Gasteiger charge is 2.33. The van der Waals surface area contributed by atoms with Gasteiger partial charge in [0.2, 0.25) is 0 Å². The molecular formula is C22H17ClN2O3S. The molecule has 2 heterocycles. The van der Waals surface area contributed by atoms with Gasteiger partial charge in [0.05, 0.1) is 23.6 Å². The predicted molar refractivity (Wildman–Crippen MR) is 112 cm³/mol. The monoisotopic (exact) mass is 424 g/mol. The van der Waals surface area contributed by atoms with Crippen LogP contribution in [0.5, 0.6) is 0 Å². The first-order valence-corrected chi connectivity index (χ1v) is 10.3. The third kappa shape index (κ3) is 3.52. The topological polar surface area (TPSA) is 83.1 Å². The zero-order valence-corrected chi connectivity index (χ0v) is 17.2. The lowest BCUT2D eigenvalue weighted by atomic mass is 9.98. The van der Waals surface area contributed by atoms with Crippen LogP contribution in [0.3, 0.4) is 0 Å². The van der Waals surface area contributed by atoms with Crippen LogP contribution < -0.4 is 0 Å². The van der Waals surface area contributed by atoms with Crippen molar-refractivity contribution in [1.82, 2.24) is 4.57 Å². The van der Waals surface area contributed by atoms with E-state index in [1.165, 1.54) is 18.7 Å². The van der Waals surface area contributed by atoms with Crippen molar-refractivity contribution >= 4 is 46.0 Å². The number of Topliss-reactive ketones (excluding diaryl/α,β-unsaturated/α-hetero) is 1. The largest absolute Gasteiger partial charge is 0.481 e. The van der Waals surface area contributed by atoms with Gasteiger partial charge in [-0.05, 0) is 49.7 Å². The predicted octanol–water partition coefficient (Wildman–Crippen LogP) is 5.48. The van der Waals surface area contributed by atoms with Crippen molar-refractivity contribution in [2.24, 2.45) is 0 Å². The first kappa shape index (κ1) is 19.6. The van der Waals surface area contributed by atoms with Crippen molar-refractivity contribution in [2.45, 2.75) is 42.0 Å². The van der Waals surface area contributed by atoms with Gasteiger partial charge in [0.15, 0.2) is 5.78 Å². The molecule has 146 valence electrons. The molecule has 0 bridgehead atoms. The lowest BCUT2D eigenvalue weighted by molar-refractivity contribution is -0.137. The molecule has 4 rings (SSSR count). The number of rotatable bonds is 5. The Labute approximate surface area is 176 Å². The molecule has 29 heavy (non-hydrogen) atoms. The minimum Gasteiger partial charge on any atom is -0.481 e. The van der Waals surface area contributed by atoms with Crippen LogP contribution in [-0.4, -0.2) is 21.4 Å². The molecule has 1 aromatic heterocycles. The molecule has 1 aliphatic rings. The summed E-state index contributed by atoms with van der Waals surface area (Å²) in [5.41, 5.74) is 2.66. The number of aryl methyl sites for hydroxylation is 1. The van der Waals surface area contributed by atoms with Crippen LogP contribution in [0.25, 0.3) is 10.9 Å². The molecular weight excluding hydrogens is 408 g/mol. The third-order valence-corrected chi connectivity index (χ3v) is 6.59. The van der Waals surface area contributed by atoms with Gasteiger partial charge in [0, 0.05) is 43.9 Å².